The SMILES string of the molecule is CCCCCCCC(=O)NCC1(C(=O)O)CC1. The van der Waals surface area contributed by atoms with Gasteiger partial charge in [0.25, 0.3) is 0 Å². The molecule has 1 fully saturated rings. The second kappa shape index (κ2) is 6.62. The Morgan fingerprint density at radius 2 is 1.82 bits per heavy atom. The number of amides is 1. The third-order valence-electron chi connectivity index (χ3n) is 3.44. The van der Waals surface area contributed by atoms with E-state index in [2.05, 4.69) is 12.2 Å². The molecule has 1 aliphatic carbocycles. The van der Waals surface area contributed by atoms with Crippen LogP contribution in [0.1, 0.15) is 58.3 Å². The minimum absolute atomic E-state index is 0.00553. The molecule has 4 nitrogen and oxygen atoms in total. The van der Waals surface area contributed by atoms with Crippen LogP contribution in [0.4, 0.5) is 0 Å². The predicted molar refractivity (Wildman–Crippen MR) is 65.7 cm³/mol. The Balaban J connectivity index is 2.04. The van der Waals surface area contributed by atoms with Gasteiger partial charge in [0.2, 0.25) is 5.91 Å². The zero-order valence-electron chi connectivity index (χ0n) is 10.6. The van der Waals surface area contributed by atoms with Crippen LogP contribution in [-0.2, 0) is 9.59 Å². The van der Waals surface area contributed by atoms with E-state index in [0.29, 0.717) is 25.8 Å². The van der Waals surface area contributed by atoms with Crippen molar-refractivity contribution in [2.75, 3.05) is 6.54 Å². The summed E-state index contributed by atoms with van der Waals surface area (Å²) in [5.74, 6) is -0.783. The van der Waals surface area contributed by atoms with Crippen LogP contribution in [0.3, 0.4) is 0 Å². The van der Waals surface area contributed by atoms with Crippen LogP contribution in [-0.4, -0.2) is 23.5 Å². The van der Waals surface area contributed by atoms with Crippen molar-refractivity contribution in [3.05, 3.63) is 0 Å². The van der Waals surface area contributed by atoms with Crippen molar-refractivity contribution >= 4 is 11.9 Å². The second-order valence-electron chi connectivity index (χ2n) is 5.03. The predicted octanol–water partition coefficient (Wildman–Crippen LogP) is 2.33. The molecule has 0 atom stereocenters. The minimum atomic E-state index is -0.777. The van der Waals surface area contributed by atoms with Crippen LogP contribution in [0.25, 0.3) is 0 Å². The third-order valence-corrected chi connectivity index (χ3v) is 3.44. The monoisotopic (exact) mass is 241 g/mol. The number of unbranched alkanes of at least 4 members (excludes halogenated alkanes) is 4. The Bertz CT molecular complexity index is 272. The Kier molecular flexibility index (Phi) is 5.45. The van der Waals surface area contributed by atoms with Crippen LogP contribution in [0, 0.1) is 5.41 Å². The molecule has 0 bridgehead atoms. The first-order valence-electron chi connectivity index (χ1n) is 6.61. The van der Waals surface area contributed by atoms with Gasteiger partial charge in [0, 0.05) is 13.0 Å². The summed E-state index contributed by atoms with van der Waals surface area (Å²) in [5, 5.41) is 11.7. The van der Waals surface area contributed by atoms with Crippen LogP contribution < -0.4 is 5.32 Å². The van der Waals surface area contributed by atoms with Gasteiger partial charge in [-0.25, -0.2) is 0 Å². The molecular weight excluding hydrogens is 218 g/mol. The topological polar surface area (TPSA) is 66.4 Å². The number of nitrogens with one attached hydrogen (secondary N) is 1. The van der Waals surface area contributed by atoms with E-state index < -0.39 is 11.4 Å². The molecule has 0 aromatic heterocycles. The Morgan fingerprint density at radius 3 is 2.35 bits per heavy atom. The van der Waals surface area contributed by atoms with Gasteiger partial charge in [-0.3, -0.25) is 9.59 Å². The highest BCUT2D eigenvalue weighted by molar-refractivity contribution is 5.80. The summed E-state index contributed by atoms with van der Waals surface area (Å²) in [6.45, 7) is 2.46. The molecule has 0 spiro atoms. The number of rotatable bonds is 9. The molecule has 0 aromatic rings. The fourth-order valence-corrected chi connectivity index (χ4v) is 1.86. The summed E-state index contributed by atoms with van der Waals surface area (Å²) in [6.07, 6.45) is 7.52. The van der Waals surface area contributed by atoms with E-state index in [0.717, 1.165) is 12.8 Å². The molecule has 1 saturated carbocycles. The molecule has 0 unspecified atom stereocenters. The molecule has 17 heavy (non-hydrogen) atoms. The van der Waals surface area contributed by atoms with Crippen LogP contribution >= 0.6 is 0 Å². The molecule has 0 aliphatic heterocycles. The maximum absolute atomic E-state index is 11.5. The lowest BCUT2D eigenvalue weighted by molar-refractivity contribution is -0.143. The number of carbonyl (C=O) groups is 2. The fourth-order valence-electron chi connectivity index (χ4n) is 1.86. The molecule has 0 radical (unpaired) electrons. The van der Waals surface area contributed by atoms with Gasteiger partial charge in [-0.15, -0.1) is 0 Å². The number of aliphatic carboxylic acids is 1. The highest BCUT2D eigenvalue weighted by atomic mass is 16.4. The average Bonchev–Trinajstić information content (AvgIpc) is 3.07. The third kappa shape index (κ3) is 4.75. The van der Waals surface area contributed by atoms with E-state index in [4.69, 9.17) is 5.11 Å². The average molecular weight is 241 g/mol. The van der Waals surface area contributed by atoms with Crippen molar-refractivity contribution in [1.29, 1.82) is 0 Å². The zero-order chi connectivity index (χ0) is 12.7. The Labute approximate surface area is 103 Å². The molecule has 2 N–H and O–H groups in total. The lowest BCUT2D eigenvalue weighted by atomic mass is 10.1. The van der Waals surface area contributed by atoms with E-state index in [9.17, 15) is 9.59 Å². The Morgan fingerprint density at radius 1 is 1.18 bits per heavy atom. The first-order chi connectivity index (χ1) is 8.10. The van der Waals surface area contributed by atoms with Gasteiger partial charge in [0.05, 0.1) is 5.41 Å². The van der Waals surface area contributed by atoms with Crippen molar-refractivity contribution in [3.63, 3.8) is 0 Å². The lowest BCUT2D eigenvalue weighted by Gasteiger charge is -2.10. The minimum Gasteiger partial charge on any atom is -0.481 e. The fraction of sp³-hybridized carbons (Fsp3) is 0.846. The van der Waals surface area contributed by atoms with Gasteiger partial charge in [-0.1, -0.05) is 32.6 Å². The van der Waals surface area contributed by atoms with Crippen molar-refractivity contribution in [3.8, 4) is 0 Å². The number of carbonyl (C=O) groups excluding carboxylic acids is 1. The number of hydrogen-bond donors (Lipinski definition) is 2. The summed E-state index contributed by atoms with van der Waals surface area (Å²) in [5.41, 5.74) is -0.641. The molecule has 1 aliphatic rings. The van der Waals surface area contributed by atoms with Crippen molar-refractivity contribution in [2.24, 2.45) is 5.41 Å². The molecular formula is C13H23NO3. The number of carboxylic acid groups (broad SMARTS) is 1. The normalized spacial score (nSPS) is 16.5. The van der Waals surface area contributed by atoms with Gasteiger partial charge < -0.3 is 10.4 Å². The first kappa shape index (κ1) is 14.0. The molecule has 0 saturated heterocycles. The van der Waals surface area contributed by atoms with Crippen LogP contribution in [0.2, 0.25) is 0 Å². The molecule has 0 heterocycles. The molecule has 1 rings (SSSR count). The van der Waals surface area contributed by atoms with E-state index in [1.165, 1.54) is 19.3 Å². The van der Waals surface area contributed by atoms with E-state index in [1.807, 2.05) is 0 Å². The maximum atomic E-state index is 11.5. The lowest BCUT2D eigenvalue weighted by Crippen LogP contribution is -2.34. The van der Waals surface area contributed by atoms with Crippen LogP contribution in [0.5, 0.6) is 0 Å². The molecule has 4 heteroatoms. The van der Waals surface area contributed by atoms with Crippen molar-refractivity contribution in [1.82, 2.24) is 5.32 Å². The van der Waals surface area contributed by atoms with Gasteiger partial charge in [0.1, 0.15) is 0 Å². The summed E-state index contributed by atoms with van der Waals surface area (Å²) in [7, 11) is 0. The second-order valence-corrected chi connectivity index (χ2v) is 5.03. The zero-order valence-corrected chi connectivity index (χ0v) is 10.6. The summed E-state index contributed by atoms with van der Waals surface area (Å²) in [4.78, 5) is 22.3. The number of hydrogen-bond acceptors (Lipinski definition) is 2. The van der Waals surface area contributed by atoms with Gasteiger partial charge in [0.15, 0.2) is 0 Å². The summed E-state index contributed by atoms with van der Waals surface area (Å²) in [6, 6.07) is 0. The molecule has 98 valence electrons. The van der Waals surface area contributed by atoms with Crippen LogP contribution in [0.15, 0.2) is 0 Å². The van der Waals surface area contributed by atoms with Gasteiger partial charge in [-0.05, 0) is 19.3 Å². The quantitative estimate of drug-likeness (QED) is 0.609. The maximum Gasteiger partial charge on any atom is 0.311 e. The standard InChI is InChI=1S/C13H23NO3/c1-2-3-4-5-6-7-11(15)14-10-13(8-9-13)12(16)17/h2-10H2,1H3,(H,14,15)(H,16,17). The summed E-state index contributed by atoms with van der Waals surface area (Å²) >= 11 is 0. The van der Waals surface area contributed by atoms with Crippen molar-refractivity contribution < 1.29 is 14.7 Å². The Hall–Kier alpha value is -1.06. The highest BCUT2D eigenvalue weighted by Crippen LogP contribution is 2.45. The van der Waals surface area contributed by atoms with E-state index in [1.54, 1.807) is 0 Å². The van der Waals surface area contributed by atoms with E-state index >= 15 is 0 Å². The smallest absolute Gasteiger partial charge is 0.311 e. The largest absolute Gasteiger partial charge is 0.481 e. The molecule has 1 amide bonds. The van der Waals surface area contributed by atoms with Crippen molar-refractivity contribution in [2.45, 2.75) is 58.3 Å². The highest BCUT2D eigenvalue weighted by Gasteiger charge is 2.50. The van der Waals surface area contributed by atoms with Gasteiger partial charge in [-0.2, -0.15) is 0 Å². The molecule has 0 aromatic carbocycles. The summed E-state index contributed by atoms with van der Waals surface area (Å²) < 4.78 is 0. The van der Waals surface area contributed by atoms with Gasteiger partial charge >= 0.3 is 5.97 Å². The van der Waals surface area contributed by atoms with E-state index in [-0.39, 0.29) is 5.91 Å². The first-order valence-corrected chi connectivity index (χ1v) is 6.61. The number of carboxylic acids is 1.